The summed E-state index contributed by atoms with van der Waals surface area (Å²) in [4.78, 5) is 19.5. The Hall–Kier alpha value is -1.94. The van der Waals surface area contributed by atoms with E-state index in [0.717, 1.165) is 42.5 Å². The van der Waals surface area contributed by atoms with Gasteiger partial charge in [0.2, 0.25) is 0 Å². The summed E-state index contributed by atoms with van der Waals surface area (Å²) in [7, 11) is 0. The van der Waals surface area contributed by atoms with Gasteiger partial charge in [-0.05, 0) is 44.7 Å². The molecule has 0 spiro atoms. The van der Waals surface area contributed by atoms with E-state index < -0.39 is 0 Å². The summed E-state index contributed by atoms with van der Waals surface area (Å²) in [6, 6.07) is 9.94. The molecule has 1 aromatic carbocycles. The Morgan fingerprint density at radius 1 is 1.36 bits per heavy atom. The van der Waals surface area contributed by atoms with E-state index in [1.165, 1.54) is 0 Å². The molecule has 1 aliphatic rings. The molecule has 2 aromatic rings. The third-order valence-electron chi connectivity index (χ3n) is 4.58. The van der Waals surface area contributed by atoms with E-state index in [-0.39, 0.29) is 11.9 Å². The third kappa shape index (κ3) is 2.83. The lowest BCUT2D eigenvalue weighted by atomic mass is 9.91. The summed E-state index contributed by atoms with van der Waals surface area (Å²) in [6.45, 7) is 5.54. The average molecular weight is 297 g/mol. The number of rotatable bonds is 2. The number of amides is 1. The van der Waals surface area contributed by atoms with Gasteiger partial charge in [-0.25, -0.2) is 0 Å². The zero-order valence-corrected chi connectivity index (χ0v) is 13.2. The van der Waals surface area contributed by atoms with Crippen LogP contribution in [0.15, 0.2) is 30.3 Å². The van der Waals surface area contributed by atoms with Crippen LogP contribution in [0.2, 0.25) is 0 Å². The van der Waals surface area contributed by atoms with Crippen molar-refractivity contribution in [1.82, 2.24) is 9.88 Å². The van der Waals surface area contributed by atoms with Crippen LogP contribution in [0.3, 0.4) is 0 Å². The van der Waals surface area contributed by atoms with E-state index in [0.29, 0.717) is 11.5 Å². The molecule has 0 saturated carbocycles. The Kier molecular flexibility index (Phi) is 4.12. The minimum absolute atomic E-state index is 0.0778. The SMILES string of the molecule is Cc1ccc2cccc(C(=O)N3CCC[C@@H]([C@@H](C)N)C3)c2n1. The number of nitrogens with zero attached hydrogens (tertiary/aromatic N) is 2. The summed E-state index contributed by atoms with van der Waals surface area (Å²) < 4.78 is 0. The van der Waals surface area contributed by atoms with Crippen LogP contribution in [0.25, 0.3) is 10.9 Å². The largest absolute Gasteiger partial charge is 0.338 e. The predicted octanol–water partition coefficient (Wildman–Crippen LogP) is 2.74. The van der Waals surface area contributed by atoms with Gasteiger partial charge in [-0.1, -0.05) is 18.2 Å². The predicted molar refractivity (Wildman–Crippen MR) is 88.8 cm³/mol. The topological polar surface area (TPSA) is 59.2 Å². The quantitative estimate of drug-likeness (QED) is 0.927. The zero-order valence-electron chi connectivity index (χ0n) is 13.2. The number of carbonyl (C=O) groups is 1. The first-order chi connectivity index (χ1) is 10.6. The molecule has 2 N–H and O–H groups in total. The number of aromatic nitrogens is 1. The molecule has 22 heavy (non-hydrogen) atoms. The van der Waals surface area contributed by atoms with Crippen LogP contribution < -0.4 is 5.73 Å². The lowest BCUT2D eigenvalue weighted by molar-refractivity contribution is 0.0663. The van der Waals surface area contributed by atoms with Gasteiger partial charge in [0.1, 0.15) is 0 Å². The highest BCUT2D eigenvalue weighted by Gasteiger charge is 2.27. The maximum Gasteiger partial charge on any atom is 0.256 e. The normalized spacial score (nSPS) is 20.1. The van der Waals surface area contributed by atoms with Crippen molar-refractivity contribution < 1.29 is 4.79 Å². The van der Waals surface area contributed by atoms with Crippen molar-refractivity contribution in [1.29, 1.82) is 0 Å². The molecule has 3 rings (SSSR count). The van der Waals surface area contributed by atoms with Gasteiger partial charge in [-0.15, -0.1) is 0 Å². The summed E-state index contributed by atoms with van der Waals surface area (Å²) >= 11 is 0. The average Bonchev–Trinajstić information content (AvgIpc) is 2.53. The van der Waals surface area contributed by atoms with E-state index >= 15 is 0 Å². The highest BCUT2D eigenvalue weighted by Crippen LogP contribution is 2.23. The lowest BCUT2D eigenvalue weighted by Gasteiger charge is -2.34. The second-order valence-corrected chi connectivity index (χ2v) is 6.34. The first-order valence-electron chi connectivity index (χ1n) is 7.97. The number of nitrogens with two attached hydrogens (primary N) is 1. The van der Waals surface area contributed by atoms with Gasteiger partial charge in [0.25, 0.3) is 5.91 Å². The molecule has 1 fully saturated rings. The second-order valence-electron chi connectivity index (χ2n) is 6.34. The number of fused-ring (bicyclic) bond motifs is 1. The Labute approximate surface area is 131 Å². The fraction of sp³-hybridized carbons (Fsp3) is 0.444. The van der Waals surface area contributed by atoms with Crippen molar-refractivity contribution in [3.63, 3.8) is 0 Å². The number of hydrogen-bond acceptors (Lipinski definition) is 3. The van der Waals surface area contributed by atoms with Crippen molar-refractivity contribution >= 4 is 16.8 Å². The molecule has 1 amide bonds. The van der Waals surface area contributed by atoms with E-state index in [1.54, 1.807) is 0 Å². The Morgan fingerprint density at radius 2 is 2.18 bits per heavy atom. The van der Waals surface area contributed by atoms with Crippen LogP contribution in [-0.4, -0.2) is 34.9 Å². The van der Waals surface area contributed by atoms with Gasteiger partial charge in [0.15, 0.2) is 0 Å². The smallest absolute Gasteiger partial charge is 0.256 e. The fourth-order valence-electron chi connectivity index (χ4n) is 3.21. The number of likely N-dealkylation sites (tertiary alicyclic amines) is 1. The van der Waals surface area contributed by atoms with E-state index in [4.69, 9.17) is 5.73 Å². The number of aryl methyl sites for hydroxylation is 1. The van der Waals surface area contributed by atoms with Crippen LogP contribution in [0.5, 0.6) is 0 Å². The number of hydrogen-bond donors (Lipinski definition) is 1. The van der Waals surface area contributed by atoms with Gasteiger partial charge >= 0.3 is 0 Å². The fourth-order valence-corrected chi connectivity index (χ4v) is 3.21. The van der Waals surface area contributed by atoms with Crippen molar-refractivity contribution in [2.45, 2.75) is 32.7 Å². The van der Waals surface area contributed by atoms with E-state index in [9.17, 15) is 4.79 Å². The van der Waals surface area contributed by atoms with Crippen LogP contribution in [0.1, 0.15) is 35.8 Å². The van der Waals surface area contributed by atoms with Gasteiger partial charge in [0.05, 0.1) is 11.1 Å². The van der Waals surface area contributed by atoms with Gasteiger partial charge in [-0.3, -0.25) is 9.78 Å². The molecule has 1 saturated heterocycles. The van der Waals surface area contributed by atoms with Crippen LogP contribution in [-0.2, 0) is 0 Å². The Bertz CT molecular complexity index is 696. The number of benzene rings is 1. The van der Waals surface area contributed by atoms with Crippen molar-refractivity contribution in [3.8, 4) is 0 Å². The summed E-state index contributed by atoms with van der Waals surface area (Å²) in [5, 5.41) is 1.01. The molecule has 116 valence electrons. The lowest BCUT2D eigenvalue weighted by Crippen LogP contribution is -2.45. The van der Waals surface area contributed by atoms with Crippen molar-refractivity contribution in [3.05, 3.63) is 41.6 Å². The molecule has 2 atom stereocenters. The summed E-state index contributed by atoms with van der Waals surface area (Å²) in [5.74, 6) is 0.469. The van der Waals surface area contributed by atoms with Gasteiger partial charge in [0, 0.05) is 30.2 Å². The molecule has 0 unspecified atom stereocenters. The molecule has 0 bridgehead atoms. The number of piperidine rings is 1. The maximum atomic E-state index is 12.9. The molecule has 2 heterocycles. The van der Waals surface area contributed by atoms with Crippen LogP contribution in [0.4, 0.5) is 0 Å². The van der Waals surface area contributed by atoms with Crippen molar-refractivity contribution in [2.24, 2.45) is 11.7 Å². The minimum Gasteiger partial charge on any atom is -0.338 e. The van der Waals surface area contributed by atoms with Crippen LogP contribution in [0, 0.1) is 12.8 Å². The Morgan fingerprint density at radius 3 is 2.95 bits per heavy atom. The summed E-state index contributed by atoms with van der Waals surface area (Å²) in [5.41, 5.74) is 8.46. The van der Waals surface area contributed by atoms with E-state index in [2.05, 4.69) is 4.98 Å². The molecule has 1 aromatic heterocycles. The zero-order chi connectivity index (χ0) is 15.7. The second kappa shape index (κ2) is 6.05. The number of pyridine rings is 1. The van der Waals surface area contributed by atoms with Crippen LogP contribution >= 0.6 is 0 Å². The summed E-state index contributed by atoms with van der Waals surface area (Å²) in [6.07, 6.45) is 2.13. The standard InChI is InChI=1S/C18H23N3O/c1-12-8-9-14-5-3-7-16(17(14)20-12)18(22)21-10-4-6-15(11-21)13(2)19/h3,5,7-9,13,15H,4,6,10-11,19H2,1-2H3/t13-,15-/m1/s1. The first kappa shape index (κ1) is 15.0. The maximum absolute atomic E-state index is 12.9. The number of para-hydroxylation sites is 1. The third-order valence-corrected chi connectivity index (χ3v) is 4.58. The highest BCUT2D eigenvalue weighted by atomic mass is 16.2. The molecule has 0 aliphatic carbocycles. The van der Waals surface area contributed by atoms with E-state index in [1.807, 2.05) is 49.1 Å². The highest BCUT2D eigenvalue weighted by molar-refractivity contribution is 6.05. The van der Waals surface area contributed by atoms with Gasteiger partial charge < -0.3 is 10.6 Å². The number of carbonyl (C=O) groups excluding carboxylic acids is 1. The molecule has 1 aliphatic heterocycles. The minimum atomic E-state index is 0.0778. The van der Waals surface area contributed by atoms with Crippen molar-refractivity contribution in [2.75, 3.05) is 13.1 Å². The molecule has 0 radical (unpaired) electrons. The molecule has 4 nitrogen and oxygen atoms in total. The first-order valence-corrected chi connectivity index (χ1v) is 7.97. The molecular formula is C18H23N3O. The molecule has 4 heteroatoms. The Balaban J connectivity index is 1.93. The monoisotopic (exact) mass is 297 g/mol. The van der Waals surface area contributed by atoms with Gasteiger partial charge in [-0.2, -0.15) is 0 Å². The molecular weight excluding hydrogens is 274 g/mol.